The first-order valence-electron chi connectivity index (χ1n) is 12.3. The smallest absolute Gasteiger partial charge is 0.338 e. The molecule has 0 spiro atoms. The van der Waals surface area contributed by atoms with Crippen LogP contribution in [0.3, 0.4) is 0 Å². The number of likely N-dealkylation sites (tertiary alicyclic amines) is 1. The molecule has 35 heavy (non-hydrogen) atoms. The van der Waals surface area contributed by atoms with Crippen molar-refractivity contribution < 1.29 is 23.9 Å². The van der Waals surface area contributed by atoms with Gasteiger partial charge in [-0.05, 0) is 87.9 Å². The van der Waals surface area contributed by atoms with Crippen molar-refractivity contribution in [2.24, 2.45) is 0 Å². The number of hydrogen-bond donors (Lipinski definition) is 1. The maximum atomic E-state index is 12.6. The van der Waals surface area contributed by atoms with Gasteiger partial charge in [0, 0.05) is 17.8 Å². The Hall–Kier alpha value is -3.35. The van der Waals surface area contributed by atoms with Crippen LogP contribution < -0.4 is 10.1 Å². The summed E-state index contributed by atoms with van der Waals surface area (Å²) < 4.78 is 11.0. The van der Waals surface area contributed by atoms with Gasteiger partial charge in [-0.15, -0.1) is 0 Å². The van der Waals surface area contributed by atoms with Gasteiger partial charge in [-0.3, -0.25) is 9.59 Å². The van der Waals surface area contributed by atoms with E-state index in [1.165, 1.54) is 12.5 Å². The number of anilines is 1. The summed E-state index contributed by atoms with van der Waals surface area (Å²) in [6, 6.07) is 14.4. The van der Waals surface area contributed by atoms with Gasteiger partial charge in [-0.25, -0.2) is 4.79 Å². The molecule has 0 aliphatic carbocycles. The Balaban J connectivity index is 1.49. The van der Waals surface area contributed by atoms with Gasteiger partial charge >= 0.3 is 5.97 Å². The second-order valence-corrected chi connectivity index (χ2v) is 9.56. The van der Waals surface area contributed by atoms with Crippen LogP contribution >= 0.6 is 0 Å². The Labute approximate surface area is 207 Å². The molecule has 1 aliphatic heterocycles. The predicted molar refractivity (Wildman–Crippen MR) is 136 cm³/mol. The van der Waals surface area contributed by atoms with Crippen molar-refractivity contribution in [1.29, 1.82) is 0 Å². The first-order valence-corrected chi connectivity index (χ1v) is 12.3. The number of carbonyl (C=O) groups excluding carboxylic acids is 3. The zero-order valence-corrected chi connectivity index (χ0v) is 21.2. The summed E-state index contributed by atoms with van der Waals surface area (Å²) in [6.07, 6.45) is 2.19. The first kappa shape index (κ1) is 26.3. The van der Waals surface area contributed by atoms with E-state index in [0.29, 0.717) is 22.9 Å². The van der Waals surface area contributed by atoms with Gasteiger partial charge in [0.2, 0.25) is 0 Å². The standard InChI is InChI=1S/C28H36N2O5/c1-18(2)22-9-13-24(14-10-22)29-27(32)21(5)35-28(33)23-11-15-25(16-12-23)34-17-26(31)30-19(3)7-6-8-20(30)4/h9-16,18-21H,6-8,17H2,1-5H3,(H,29,32)/t19-,20+,21-/m1/s1. The van der Waals surface area contributed by atoms with Crippen LogP contribution in [0.1, 0.15) is 75.7 Å². The lowest BCUT2D eigenvalue weighted by Crippen LogP contribution is -2.49. The second-order valence-electron chi connectivity index (χ2n) is 9.56. The molecule has 2 aromatic rings. The SMILES string of the molecule is CC(C)c1ccc(NC(=O)[C@@H](C)OC(=O)c2ccc(OCC(=O)N3[C@H](C)CCC[C@@H]3C)cc2)cc1. The summed E-state index contributed by atoms with van der Waals surface area (Å²) in [5.41, 5.74) is 2.12. The minimum absolute atomic E-state index is 0.0353. The number of esters is 1. The molecule has 3 atom stereocenters. The number of rotatable bonds is 8. The average Bonchev–Trinajstić information content (AvgIpc) is 2.83. The van der Waals surface area contributed by atoms with E-state index in [0.717, 1.165) is 19.3 Å². The Kier molecular flexibility index (Phi) is 8.90. The van der Waals surface area contributed by atoms with Crippen molar-refractivity contribution in [3.8, 4) is 5.75 Å². The monoisotopic (exact) mass is 480 g/mol. The van der Waals surface area contributed by atoms with Crippen LogP contribution in [0.25, 0.3) is 0 Å². The van der Waals surface area contributed by atoms with E-state index in [4.69, 9.17) is 9.47 Å². The third kappa shape index (κ3) is 7.07. The Morgan fingerprint density at radius 3 is 2.11 bits per heavy atom. The van der Waals surface area contributed by atoms with Gasteiger partial charge in [-0.1, -0.05) is 26.0 Å². The number of nitrogens with one attached hydrogen (secondary N) is 1. The van der Waals surface area contributed by atoms with E-state index in [1.54, 1.807) is 24.3 Å². The number of ether oxygens (including phenoxy) is 2. The van der Waals surface area contributed by atoms with Crippen LogP contribution in [-0.4, -0.2) is 47.5 Å². The molecule has 0 aromatic heterocycles. The van der Waals surface area contributed by atoms with Crippen LogP contribution in [0, 0.1) is 0 Å². The van der Waals surface area contributed by atoms with Crippen molar-refractivity contribution in [3.05, 3.63) is 59.7 Å². The largest absolute Gasteiger partial charge is 0.484 e. The van der Waals surface area contributed by atoms with Gasteiger partial charge in [0.05, 0.1) is 5.56 Å². The predicted octanol–water partition coefficient (Wildman–Crippen LogP) is 5.16. The Bertz CT molecular complexity index is 1010. The molecule has 7 nitrogen and oxygen atoms in total. The van der Waals surface area contributed by atoms with E-state index in [2.05, 4.69) is 33.0 Å². The fraction of sp³-hybridized carbons (Fsp3) is 0.464. The molecule has 0 radical (unpaired) electrons. The van der Waals surface area contributed by atoms with Crippen molar-refractivity contribution in [2.45, 2.75) is 78.0 Å². The van der Waals surface area contributed by atoms with Crippen molar-refractivity contribution in [3.63, 3.8) is 0 Å². The lowest BCUT2D eigenvalue weighted by molar-refractivity contribution is -0.139. The van der Waals surface area contributed by atoms with Crippen LogP contribution in [0.5, 0.6) is 5.75 Å². The summed E-state index contributed by atoms with van der Waals surface area (Å²) in [6.45, 7) is 9.82. The number of carbonyl (C=O) groups is 3. The second kappa shape index (κ2) is 11.9. The van der Waals surface area contributed by atoms with E-state index in [-0.39, 0.29) is 24.6 Å². The average molecular weight is 481 g/mol. The van der Waals surface area contributed by atoms with Gasteiger partial charge < -0.3 is 19.7 Å². The molecule has 1 saturated heterocycles. The molecule has 2 amide bonds. The minimum atomic E-state index is -0.964. The fourth-order valence-corrected chi connectivity index (χ4v) is 4.30. The van der Waals surface area contributed by atoms with Crippen LogP contribution in [0.4, 0.5) is 5.69 Å². The molecular formula is C28H36N2O5. The maximum Gasteiger partial charge on any atom is 0.338 e. The maximum absolute atomic E-state index is 12.6. The van der Waals surface area contributed by atoms with Gasteiger partial charge in [-0.2, -0.15) is 0 Å². The molecule has 1 N–H and O–H groups in total. The molecule has 2 aromatic carbocycles. The van der Waals surface area contributed by atoms with Gasteiger partial charge in [0.15, 0.2) is 12.7 Å². The van der Waals surface area contributed by atoms with E-state index in [9.17, 15) is 14.4 Å². The highest BCUT2D eigenvalue weighted by Gasteiger charge is 2.29. The molecular weight excluding hydrogens is 444 g/mol. The Morgan fingerprint density at radius 2 is 1.54 bits per heavy atom. The lowest BCUT2D eigenvalue weighted by Gasteiger charge is -2.38. The molecule has 1 heterocycles. The molecule has 1 aliphatic rings. The van der Waals surface area contributed by atoms with Gasteiger partial charge in [0.25, 0.3) is 11.8 Å². The summed E-state index contributed by atoms with van der Waals surface area (Å²) in [4.78, 5) is 39.4. The number of nitrogens with zero attached hydrogens (tertiary/aromatic N) is 1. The molecule has 188 valence electrons. The van der Waals surface area contributed by atoms with E-state index in [1.807, 2.05) is 29.2 Å². The van der Waals surface area contributed by atoms with Crippen molar-refractivity contribution in [1.82, 2.24) is 4.90 Å². The highest BCUT2D eigenvalue weighted by atomic mass is 16.5. The highest BCUT2D eigenvalue weighted by Crippen LogP contribution is 2.23. The number of piperidine rings is 1. The Morgan fingerprint density at radius 1 is 0.943 bits per heavy atom. The number of hydrogen-bond acceptors (Lipinski definition) is 5. The van der Waals surface area contributed by atoms with Crippen LogP contribution in [0.15, 0.2) is 48.5 Å². The van der Waals surface area contributed by atoms with Crippen molar-refractivity contribution >= 4 is 23.5 Å². The molecule has 0 bridgehead atoms. The fourth-order valence-electron chi connectivity index (χ4n) is 4.30. The van der Waals surface area contributed by atoms with E-state index >= 15 is 0 Å². The number of benzene rings is 2. The van der Waals surface area contributed by atoms with Gasteiger partial charge in [0.1, 0.15) is 5.75 Å². The zero-order valence-electron chi connectivity index (χ0n) is 21.2. The van der Waals surface area contributed by atoms with Crippen LogP contribution in [-0.2, 0) is 14.3 Å². The van der Waals surface area contributed by atoms with E-state index < -0.39 is 18.0 Å². The third-order valence-corrected chi connectivity index (χ3v) is 6.43. The minimum Gasteiger partial charge on any atom is -0.484 e. The number of amides is 2. The zero-order chi connectivity index (χ0) is 25.5. The lowest BCUT2D eigenvalue weighted by atomic mass is 9.97. The normalized spacial score (nSPS) is 18.6. The third-order valence-electron chi connectivity index (χ3n) is 6.43. The van der Waals surface area contributed by atoms with Crippen molar-refractivity contribution in [2.75, 3.05) is 11.9 Å². The summed E-state index contributed by atoms with van der Waals surface area (Å²) >= 11 is 0. The summed E-state index contributed by atoms with van der Waals surface area (Å²) in [5, 5.41) is 2.76. The first-order chi connectivity index (χ1) is 16.7. The molecule has 7 heteroatoms. The highest BCUT2D eigenvalue weighted by molar-refractivity contribution is 5.97. The summed E-state index contributed by atoms with van der Waals surface area (Å²) in [5.74, 6) is -0.162. The summed E-state index contributed by atoms with van der Waals surface area (Å²) in [7, 11) is 0. The molecule has 0 unspecified atom stereocenters. The molecule has 3 rings (SSSR count). The quantitative estimate of drug-likeness (QED) is 0.528. The molecule has 0 saturated carbocycles. The van der Waals surface area contributed by atoms with Crippen LogP contribution in [0.2, 0.25) is 0 Å². The molecule has 1 fully saturated rings. The topological polar surface area (TPSA) is 84.9 Å².